The van der Waals surface area contributed by atoms with Crippen LogP contribution in [0.25, 0.3) is 45.1 Å². The molecule has 0 N–H and O–H groups in total. The molecule has 0 bridgehead atoms. The van der Waals surface area contributed by atoms with E-state index >= 15 is 0 Å². The van der Waals surface area contributed by atoms with E-state index in [0.29, 0.717) is 34.1 Å². The van der Waals surface area contributed by atoms with E-state index in [1.165, 1.54) is 13.8 Å². The van der Waals surface area contributed by atoms with E-state index in [-0.39, 0.29) is 89.9 Å². The Morgan fingerprint density at radius 3 is 1.35 bits per heavy atom. The third-order valence-corrected chi connectivity index (χ3v) is 4.96. The summed E-state index contributed by atoms with van der Waals surface area (Å²) in [7, 11) is 0. The van der Waals surface area contributed by atoms with Gasteiger partial charge in [0, 0.05) is 13.8 Å². The molecule has 5 aromatic rings. The second-order valence-corrected chi connectivity index (χ2v) is 6.97. The van der Waals surface area contributed by atoms with E-state index in [1.807, 2.05) is 54.6 Å². The van der Waals surface area contributed by atoms with Crippen molar-refractivity contribution in [3.05, 3.63) is 66.7 Å². The molecular weight excluding hydrogens is 629 g/mol. The van der Waals surface area contributed by atoms with Crippen molar-refractivity contribution in [1.29, 1.82) is 0 Å². The molecule has 0 unspecified atom stereocenters. The van der Waals surface area contributed by atoms with Gasteiger partial charge < -0.3 is 37.2 Å². The first kappa shape index (κ1) is 30.1. The number of imidazole rings is 2. The van der Waals surface area contributed by atoms with Crippen LogP contribution in [0.4, 0.5) is 0 Å². The van der Waals surface area contributed by atoms with Crippen LogP contribution in [0.5, 0.6) is 0 Å². The summed E-state index contributed by atoms with van der Waals surface area (Å²) in [5, 5.41) is 0. The molecule has 2 aromatic carbocycles. The van der Waals surface area contributed by atoms with Gasteiger partial charge in [0.1, 0.15) is 11.4 Å². The molecule has 5 rings (SSSR count). The Morgan fingerprint density at radius 1 is 0.588 bits per heavy atom. The topological polar surface area (TPSA) is 82.7 Å². The number of pyridine rings is 1. The molecule has 171 valence electrons. The minimum absolute atomic E-state index is 0. The van der Waals surface area contributed by atoms with Crippen LogP contribution in [0.2, 0.25) is 0 Å². The third-order valence-electron chi connectivity index (χ3n) is 4.96. The summed E-state index contributed by atoms with van der Waals surface area (Å²) >= 11 is 0. The van der Waals surface area contributed by atoms with Gasteiger partial charge >= 0.3 is 40.8 Å². The summed E-state index contributed by atoms with van der Waals surface area (Å²) in [5.41, 5.74) is 3.94. The van der Waals surface area contributed by atoms with E-state index in [4.69, 9.17) is 4.98 Å². The summed E-state index contributed by atoms with van der Waals surface area (Å²) in [4.78, 5) is 38.7. The molecule has 11 heteroatoms. The van der Waals surface area contributed by atoms with Gasteiger partial charge in [-0.2, -0.15) is 0 Å². The van der Waals surface area contributed by atoms with E-state index in [1.54, 1.807) is 21.3 Å². The molecule has 0 spiro atoms. The maximum Gasteiger partial charge on any atom is 3.00 e. The molecule has 0 fully saturated rings. The van der Waals surface area contributed by atoms with Gasteiger partial charge in [-0.15, -0.1) is 0 Å². The Bertz CT molecular complexity index is 1380. The van der Waals surface area contributed by atoms with E-state index in [9.17, 15) is 9.59 Å². The average Bonchev–Trinajstić information content (AvgIpc) is 3.33. The fourth-order valence-electron chi connectivity index (χ4n) is 3.72. The summed E-state index contributed by atoms with van der Waals surface area (Å²) in [6.07, 6.45) is 0. The Balaban J connectivity index is 0.00000144. The van der Waals surface area contributed by atoms with Crippen LogP contribution in [0, 0.1) is 40.8 Å². The summed E-state index contributed by atoms with van der Waals surface area (Å²) in [6, 6.07) is 20.3. The number of rotatable bonds is 2. The zero-order chi connectivity index (χ0) is 20.8. The summed E-state index contributed by atoms with van der Waals surface area (Å²) in [6.45, 7) is 2.99. The van der Waals surface area contributed by atoms with Crippen molar-refractivity contribution in [1.82, 2.24) is 24.1 Å². The summed E-state index contributed by atoms with van der Waals surface area (Å²) in [5.74, 6) is 0.607. The van der Waals surface area contributed by atoms with Gasteiger partial charge in [0.15, 0.2) is 11.6 Å². The average molecular weight is 646 g/mol. The number of carbonyl (C=O) groups is 2. The van der Waals surface area contributed by atoms with Gasteiger partial charge in [-0.3, -0.25) is 18.7 Å². The number of para-hydroxylation sites is 4. The molecule has 0 aliphatic rings. The SMILES string of the molecule is CC(=O)n1c(-c2cccc(-c3nc4ccccc4n3C(C)=O)n2)nc2ccccc21.[Cl-].[Cl-].[Cl-].[Nd+3]. The largest absolute Gasteiger partial charge is 3.00 e. The molecule has 0 saturated heterocycles. The maximum absolute atomic E-state index is 12.4. The number of benzene rings is 2. The number of nitrogens with zero attached hydrogens (tertiary/aromatic N) is 5. The first-order valence-electron chi connectivity index (χ1n) is 9.49. The fourth-order valence-corrected chi connectivity index (χ4v) is 3.72. The Hall–Kier alpha value is -1.91. The van der Waals surface area contributed by atoms with E-state index in [0.717, 1.165) is 11.0 Å². The molecule has 3 heterocycles. The fraction of sp³-hybridized carbons (Fsp3) is 0.0870. The zero-order valence-corrected chi connectivity index (χ0v) is 23.5. The van der Waals surface area contributed by atoms with Crippen LogP contribution in [0.3, 0.4) is 0 Å². The van der Waals surface area contributed by atoms with Crippen LogP contribution >= 0.6 is 0 Å². The molecule has 0 atom stereocenters. The molecule has 34 heavy (non-hydrogen) atoms. The van der Waals surface area contributed by atoms with Gasteiger partial charge in [-0.1, -0.05) is 30.3 Å². The van der Waals surface area contributed by atoms with Gasteiger partial charge in [-0.25, -0.2) is 15.0 Å². The molecule has 3 aromatic heterocycles. The number of hydrogen-bond acceptors (Lipinski definition) is 5. The Labute approximate surface area is 247 Å². The molecule has 0 aliphatic carbocycles. The Kier molecular flexibility index (Phi) is 10.8. The second kappa shape index (κ2) is 12.2. The minimum Gasteiger partial charge on any atom is -1.00 e. The predicted molar refractivity (Wildman–Crippen MR) is 114 cm³/mol. The van der Waals surface area contributed by atoms with Crippen molar-refractivity contribution in [2.24, 2.45) is 0 Å². The second-order valence-electron chi connectivity index (χ2n) is 6.97. The first-order chi connectivity index (χ1) is 14.5. The number of hydrogen-bond donors (Lipinski definition) is 0. The molecule has 0 amide bonds. The Morgan fingerprint density at radius 2 is 0.971 bits per heavy atom. The van der Waals surface area contributed by atoms with Crippen molar-refractivity contribution < 1.29 is 87.6 Å². The van der Waals surface area contributed by atoms with Gasteiger partial charge in [0.2, 0.25) is 11.8 Å². The number of carbonyl (C=O) groups excluding carboxylic acids is 2. The van der Waals surface area contributed by atoms with Crippen LogP contribution in [-0.2, 0) is 0 Å². The van der Waals surface area contributed by atoms with Crippen LogP contribution < -0.4 is 37.2 Å². The van der Waals surface area contributed by atoms with Crippen LogP contribution in [0.15, 0.2) is 66.7 Å². The maximum atomic E-state index is 12.4. The van der Waals surface area contributed by atoms with E-state index in [2.05, 4.69) is 9.97 Å². The molecule has 0 aliphatic heterocycles. The first-order valence-corrected chi connectivity index (χ1v) is 9.49. The number of fused-ring (bicyclic) bond motifs is 2. The molecular formula is C23H17Cl3N5NdO2. The monoisotopic (exact) mass is 642 g/mol. The van der Waals surface area contributed by atoms with Crippen molar-refractivity contribution in [3.63, 3.8) is 0 Å². The number of aromatic nitrogens is 5. The predicted octanol–water partition coefficient (Wildman–Crippen LogP) is -4.55. The van der Waals surface area contributed by atoms with Gasteiger partial charge in [0.25, 0.3) is 0 Å². The summed E-state index contributed by atoms with van der Waals surface area (Å²) < 4.78 is 3.10. The van der Waals surface area contributed by atoms with Gasteiger partial charge in [0.05, 0.1) is 22.1 Å². The van der Waals surface area contributed by atoms with Gasteiger partial charge in [-0.05, 0) is 36.4 Å². The standard InChI is InChI=1S/C23H17N5O2.3ClH.Nd/c1-14(29)27-20-12-5-3-8-16(20)25-22(27)18-10-7-11-19(24-18)23-26-17-9-4-6-13-21(17)28(23)15(2)30;;;;/h3-13H,1-2H3;3*1H;/q;;;;+3/p-3. The van der Waals surface area contributed by atoms with E-state index < -0.39 is 0 Å². The quantitative estimate of drug-likeness (QED) is 0.193. The van der Waals surface area contributed by atoms with Crippen LogP contribution in [-0.4, -0.2) is 35.9 Å². The zero-order valence-electron chi connectivity index (χ0n) is 18.0. The van der Waals surface area contributed by atoms with Crippen molar-refractivity contribution in [3.8, 4) is 23.0 Å². The van der Waals surface area contributed by atoms with Crippen LogP contribution in [0.1, 0.15) is 23.4 Å². The number of halogens is 3. The molecule has 0 saturated carbocycles. The smallest absolute Gasteiger partial charge is 1.00 e. The van der Waals surface area contributed by atoms with Crippen molar-refractivity contribution in [2.75, 3.05) is 0 Å². The minimum atomic E-state index is -0.151. The third kappa shape index (κ3) is 5.18. The normalized spacial score (nSPS) is 9.94. The molecule has 1 radical (unpaired) electrons. The molecule has 7 nitrogen and oxygen atoms in total. The van der Waals surface area contributed by atoms with Crippen molar-refractivity contribution in [2.45, 2.75) is 13.8 Å². The van der Waals surface area contributed by atoms with Crippen molar-refractivity contribution >= 4 is 33.9 Å².